The molecule has 6 heteroatoms. The summed E-state index contributed by atoms with van der Waals surface area (Å²) in [7, 11) is 0. The van der Waals surface area contributed by atoms with Gasteiger partial charge >= 0.3 is 17.9 Å². The molecule has 6 nitrogen and oxygen atoms in total. The van der Waals surface area contributed by atoms with Gasteiger partial charge in [-0.05, 0) is 37.0 Å². The van der Waals surface area contributed by atoms with Crippen molar-refractivity contribution in [3.8, 4) is 0 Å². The van der Waals surface area contributed by atoms with Crippen LogP contribution >= 0.6 is 0 Å². The van der Waals surface area contributed by atoms with Crippen molar-refractivity contribution in [2.45, 2.75) is 324 Å². The quantitative estimate of drug-likeness (QED) is 0.0344. The molecule has 0 saturated carbocycles. The predicted molar refractivity (Wildman–Crippen MR) is 275 cm³/mol. The van der Waals surface area contributed by atoms with Gasteiger partial charge in [-0.15, -0.1) is 0 Å². The summed E-state index contributed by atoms with van der Waals surface area (Å²) in [6, 6.07) is 0. The van der Waals surface area contributed by atoms with Crippen LogP contribution in [0.25, 0.3) is 0 Å². The van der Waals surface area contributed by atoms with E-state index in [-0.39, 0.29) is 31.1 Å². The summed E-state index contributed by atoms with van der Waals surface area (Å²) in [4.78, 5) is 38.1. The van der Waals surface area contributed by atoms with Gasteiger partial charge in [0.1, 0.15) is 13.2 Å². The van der Waals surface area contributed by atoms with Gasteiger partial charge in [0.25, 0.3) is 0 Å². The molecule has 0 rings (SSSR count). The Bertz CT molecular complexity index is 993. The second-order valence-electron chi connectivity index (χ2n) is 21.1. The maximum Gasteiger partial charge on any atom is 0.306 e. The summed E-state index contributed by atoms with van der Waals surface area (Å²) < 4.78 is 16.9. The molecule has 0 radical (unpaired) electrons. The van der Waals surface area contributed by atoms with Gasteiger partial charge < -0.3 is 14.2 Å². The molecule has 0 aliphatic rings. The van der Waals surface area contributed by atoms with Gasteiger partial charge in [-0.2, -0.15) is 0 Å². The van der Waals surface area contributed by atoms with Gasteiger partial charge in [0.15, 0.2) is 6.10 Å². The third kappa shape index (κ3) is 49.8. The largest absolute Gasteiger partial charge is 0.462 e. The lowest BCUT2D eigenvalue weighted by Gasteiger charge is -2.18. The Kier molecular flexibility index (Phi) is 48.1. The lowest BCUT2D eigenvalue weighted by molar-refractivity contribution is -0.167. The van der Waals surface area contributed by atoms with E-state index in [1.807, 2.05) is 0 Å². The number of hydrogen-bond donors (Lipinski definition) is 0. The lowest BCUT2D eigenvalue weighted by Crippen LogP contribution is -2.30. The fourth-order valence-corrected chi connectivity index (χ4v) is 8.79. The summed E-state index contributed by atoms with van der Waals surface area (Å²) in [6.07, 6.45) is 51.0. The molecular weight excluding hydrogens is 793 g/mol. The number of carbonyl (C=O) groups is 3. The molecule has 0 aliphatic carbocycles. The zero-order valence-electron chi connectivity index (χ0n) is 44.1. The third-order valence-electron chi connectivity index (χ3n) is 13.5. The van der Waals surface area contributed by atoms with E-state index in [4.69, 9.17) is 14.2 Å². The maximum atomic E-state index is 12.8. The topological polar surface area (TPSA) is 78.9 Å². The van der Waals surface area contributed by atoms with Gasteiger partial charge in [0.2, 0.25) is 0 Å². The fourth-order valence-electron chi connectivity index (χ4n) is 8.79. The first-order valence-corrected chi connectivity index (χ1v) is 28.6. The minimum Gasteiger partial charge on any atom is -0.462 e. The third-order valence-corrected chi connectivity index (χ3v) is 13.5. The molecule has 1 unspecified atom stereocenters. The molecule has 2 atom stereocenters. The SMILES string of the molecule is CCC(C)CCCCCCCCCCCCCCCCC(=O)O[C@H](COC(=O)CCCCCCCCCCCCCCCCCC(C)C)COC(=O)CCCCCCCCCC(C)C. The van der Waals surface area contributed by atoms with Crippen LogP contribution < -0.4 is 0 Å². The Labute approximate surface area is 399 Å². The van der Waals surface area contributed by atoms with E-state index in [1.54, 1.807) is 0 Å². The van der Waals surface area contributed by atoms with Crippen LogP contribution in [0.2, 0.25) is 0 Å². The first-order chi connectivity index (χ1) is 31.1. The zero-order chi connectivity index (χ0) is 47.0. The van der Waals surface area contributed by atoms with Crippen molar-refractivity contribution in [2.24, 2.45) is 17.8 Å². The molecule has 0 heterocycles. The van der Waals surface area contributed by atoms with E-state index in [0.29, 0.717) is 19.3 Å². The van der Waals surface area contributed by atoms with Gasteiger partial charge in [0, 0.05) is 19.3 Å². The Morgan fingerprint density at radius 2 is 0.547 bits per heavy atom. The normalized spacial score (nSPS) is 12.6. The average Bonchev–Trinajstić information content (AvgIpc) is 3.27. The van der Waals surface area contributed by atoms with E-state index in [9.17, 15) is 14.4 Å². The minimum atomic E-state index is -0.764. The fraction of sp³-hybridized carbons (Fsp3) is 0.948. The maximum absolute atomic E-state index is 12.8. The smallest absolute Gasteiger partial charge is 0.306 e. The number of hydrogen-bond acceptors (Lipinski definition) is 6. The zero-order valence-corrected chi connectivity index (χ0v) is 44.1. The van der Waals surface area contributed by atoms with E-state index in [0.717, 1.165) is 75.5 Å². The van der Waals surface area contributed by atoms with Crippen LogP contribution in [0.3, 0.4) is 0 Å². The Hall–Kier alpha value is -1.59. The second-order valence-corrected chi connectivity index (χ2v) is 21.1. The molecule has 64 heavy (non-hydrogen) atoms. The molecule has 0 bridgehead atoms. The highest BCUT2D eigenvalue weighted by atomic mass is 16.6. The highest BCUT2D eigenvalue weighted by molar-refractivity contribution is 5.71. The summed E-state index contributed by atoms with van der Waals surface area (Å²) in [5.74, 6) is 1.68. The summed E-state index contributed by atoms with van der Waals surface area (Å²) in [5, 5.41) is 0. The van der Waals surface area contributed by atoms with E-state index in [2.05, 4.69) is 41.5 Å². The summed E-state index contributed by atoms with van der Waals surface area (Å²) >= 11 is 0. The monoisotopic (exact) mass is 905 g/mol. The lowest BCUT2D eigenvalue weighted by atomic mass is 9.99. The van der Waals surface area contributed by atoms with Crippen LogP contribution in [0, 0.1) is 17.8 Å². The van der Waals surface area contributed by atoms with Crippen molar-refractivity contribution in [3.63, 3.8) is 0 Å². The molecule has 0 aromatic rings. The van der Waals surface area contributed by atoms with E-state index in [1.165, 1.54) is 199 Å². The number of esters is 3. The molecule has 0 aromatic heterocycles. The number of ether oxygens (including phenoxy) is 3. The molecule has 0 fully saturated rings. The van der Waals surface area contributed by atoms with Crippen LogP contribution in [0.4, 0.5) is 0 Å². The highest BCUT2D eigenvalue weighted by Gasteiger charge is 2.19. The highest BCUT2D eigenvalue weighted by Crippen LogP contribution is 2.19. The molecule has 0 spiro atoms. The van der Waals surface area contributed by atoms with Crippen LogP contribution in [0.5, 0.6) is 0 Å². The van der Waals surface area contributed by atoms with Gasteiger partial charge in [-0.1, -0.05) is 279 Å². The molecule has 0 N–H and O–H groups in total. The van der Waals surface area contributed by atoms with Gasteiger partial charge in [-0.3, -0.25) is 14.4 Å². The Morgan fingerprint density at radius 1 is 0.312 bits per heavy atom. The van der Waals surface area contributed by atoms with Crippen LogP contribution in [-0.4, -0.2) is 37.2 Å². The van der Waals surface area contributed by atoms with Crippen molar-refractivity contribution in [1.29, 1.82) is 0 Å². The minimum absolute atomic E-state index is 0.0641. The molecule has 0 amide bonds. The van der Waals surface area contributed by atoms with Crippen molar-refractivity contribution in [3.05, 3.63) is 0 Å². The Morgan fingerprint density at radius 3 is 0.812 bits per heavy atom. The van der Waals surface area contributed by atoms with Crippen molar-refractivity contribution in [2.75, 3.05) is 13.2 Å². The first kappa shape index (κ1) is 62.4. The molecule has 0 aliphatic heterocycles. The molecule has 380 valence electrons. The van der Waals surface area contributed by atoms with Crippen molar-refractivity contribution < 1.29 is 28.6 Å². The standard InChI is InChI=1S/C58H112O6/c1-7-54(6)46-40-34-28-22-18-14-11-12-16-20-24-30-37-43-49-58(61)64-55(51-63-57(60)48-42-36-31-25-27-33-39-45-53(4)5)50-62-56(59)47-41-35-29-23-19-15-10-8-9-13-17-21-26-32-38-44-52(2)3/h52-55H,7-51H2,1-6H3/t54?,55-/m1/s1. The van der Waals surface area contributed by atoms with Crippen LogP contribution in [0.1, 0.15) is 318 Å². The van der Waals surface area contributed by atoms with Crippen LogP contribution in [0.15, 0.2) is 0 Å². The number of rotatable bonds is 51. The number of carbonyl (C=O) groups excluding carboxylic acids is 3. The van der Waals surface area contributed by atoms with Gasteiger partial charge in [0.05, 0.1) is 0 Å². The average molecular weight is 906 g/mol. The van der Waals surface area contributed by atoms with E-state index < -0.39 is 6.10 Å². The second kappa shape index (κ2) is 49.3. The Balaban J connectivity index is 4.25. The van der Waals surface area contributed by atoms with Crippen LogP contribution in [-0.2, 0) is 28.6 Å². The number of unbranched alkanes of at least 4 members (excludes halogenated alkanes) is 33. The van der Waals surface area contributed by atoms with Gasteiger partial charge in [-0.25, -0.2) is 0 Å². The predicted octanol–water partition coefficient (Wildman–Crippen LogP) is 18.7. The van der Waals surface area contributed by atoms with E-state index >= 15 is 0 Å². The van der Waals surface area contributed by atoms with Crippen molar-refractivity contribution >= 4 is 17.9 Å². The molecule has 0 aromatic carbocycles. The summed E-state index contributed by atoms with van der Waals surface area (Å²) in [5.41, 5.74) is 0. The molecular formula is C58H112O6. The van der Waals surface area contributed by atoms with Crippen molar-refractivity contribution in [1.82, 2.24) is 0 Å². The summed E-state index contributed by atoms with van der Waals surface area (Å²) in [6.45, 7) is 13.8. The molecule has 0 saturated heterocycles. The first-order valence-electron chi connectivity index (χ1n) is 28.6.